The molecule has 0 saturated heterocycles. The van der Waals surface area contributed by atoms with Crippen molar-refractivity contribution in [2.24, 2.45) is 0 Å². The lowest BCUT2D eigenvalue weighted by Gasteiger charge is -2.00. The Hall–Kier alpha value is -1.35. The molecule has 74 valence electrons. The summed E-state index contributed by atoms with van der Waals surface area (Å²) in [6, 6.07) is 3.85. The molecule has 0 aliphatic carbocycles. The fourth-order valence-corrected chi connectivity index (χ4v) is 1.78. The summed E-state index contributed by atoms with van der Waals surface area (Å²) in [6.45, 7) is 4.21. The number of rotatable bonds is 2. The van der Waals surface area contributed by atoms with Crippen LogP contribution in [0.25, 0.3) is 5.65 Å². The van der Waals surface area contributed by atoms with Gasteiger partial charge in [-0.05, 0) is 31.0 Å². The number of nitrogens with zero attached hydrogens (tertiary/aromatic N) is 2. The number of hydrogen-bond acceptors (Lipinski definition) is 2. The Kier molecular flexibility index (Phi) is 2.25. The second kappa shape index (κ2) is 3.42. The monoisotopic (exact) mass is 190 g/mol. The molecule has 0 amide bonds. The average Bonchev–Trinajstić information content (AvgIpc) is 2.51. The highest BCUT2D eigenvalue weighted by molar-refractivity contribution is 5.45. The van der Waals surface area contributed by atoms with Gasteiger partial charge in [-0.15, -0.1) is 0 Å². The summed E-state index contributed by atoms with van der Waals surface area (Å²) in [4.78, 5) is 4.44. The van der Waals surface area contributed by atoms with Crippen LogP contribution in [-0.2, 0) is 13.0 Å². The van der Waals surface area contributed by atoms with Gasteiger partial charge in [0.15, 0.2) is 0 Å². The average molecular weight is 190 g/mol. The van der Waals surface area contributed by atoms with Crippen LogP contribution in [0.15, 0.2) is 18.3 Å². The van der Waals surface area contributed by atoms with Gasteiger partial charge in [-0.1, -0.05) is 6.92 Å². The van der Waals surface area contributed by atoms with E-state index in [-0.39, 0.29) is 6.61 Å². The molecule has 14 heavy (non-hydrogen) atoms. The second-order valence-electron chi connectivity index (χ2n) is 3.42. The molecule has 0 atom stereocenters. The summed E-state index contributed by atoms with van der Waals surface area (Å²) in [5.74, 6) is 0. The zero-order chi connectivity index (χ0) is 10.1. The predicted molar refractivity (Wildman–Crippen MR) is 55.2 cm³/mol. The Morgan fingerprint density at radius 3 is 2.93 bits per heavy atom. The Balaban J connectivity index is 2.68. The van der Waals surface area contributed by atoms with Crippen LogP contribution < -0.4 is 0 Å². The van der Waals surface area contributed by atoms with E-state index in [1.54, 1.807) is 0 Å². The van der Waals surface area contributed by atoms with Crippen molar-refractivity contribution in [3.05, 3.63) is 35.3 Å². The molecule has 0 radical (unpaired) electrons. The van der Waals surface area contributed by atoms with E-state index in [0.29, 0.717) is 0 Å². The fourth-order valence-electron chi connectivity index (χ4n) is 1.78. The maximum absolute atomic E-state index is 8.99. The smallest absolute Gasteiger partial charge is 0.137 e. The summed E-state index contributed by atoms with van der Waals surface area (Å²) in [7, 11) is 0. The zero-order valence-electron chi connectivity index (χ0n) is 8.49. The van der Waals surface area contributed by atoms with Crippen molar-refractivity contribution in [1.29, 1.82) is 0 Å². The maximum Gasteiger partial charge on any atom is 0.137 e. The minimum Gasteiger partial charge on any atom is -0.392 e. The van der Waals surface area contributed by atoms with Crippen LogP contribution in [0, 0.1) is 6.92 Å². The topological polar surface area (TPSA) is 37.5 Å². The van der Waals surface area contributed by atoms with Gasteiger partial charge in [0.05, 0.1) is 12.3 Å². The third-order valence-electron chi connectivity index (χ3n) is 2.51. The lowest BCUT2D eigenvalue weighted by atomic mass is 10.2. The largest absolute Gasteiger partial charge is 0.392 e. The van der Waals surface area contributed by atoms with Crippen LogP contribution in [0.4, 0.5) is 0 Å². The number of aliphatic hydroxyl groups excluding tert-OH is 1. The number of imidazole rings is 1. The number of hydrogen-bond donors (Lipinski definition) is 1. The van der Waals surface area contributed by atoms with Crippen LogP contribution in [0.1, 0.15) is 23.9 Å². The molecule has 2 aromatic rings. The Bertz CT molecular complexity index is 460. The standard InChI is InChI=1S/C11H14N2O/c1-3-10-8(2)12-11-6-9(7-14)4-5-13(10)11/h4-6,14H,3,7H2,1-2H3. The number of pyridine rings is 1. The molecular formula is C11H14N2O. The molecule has 3 nitrogen and oxygen atoms in total. The van der Waals surface area contributed by atoms with Gasteiger partial charge in [-0.25, -0.2) is 4.98 Å². The number of aryl methyl sites for hydroxylation is 2. The molecule has 0 spiro atoms. The molecule has 2 heterocycles. The van der Waals surface area contributed by atoms with E-state index in [2.05, 4.69) is 16.3 Å². The first-order chi connectivity index (χ1) is 6.76. The molecule has 3 heteroatoms. The van der Waals surface area contributed by atoms with Crippen molar-refractivity contribution in [3.8, 4) is 0 Å². The first-order valence-corrected chi connectivity index (χ1v) is 4.83. The fraction of sp³-hybridized carbons (Fsp3) is 0.364. The third-order valence-corrected chi connectivity index (χ3v) is 2.51. The van der Waals surface area contributed by atoms with Gasteiger partial charge < -0.3 is 9.51 Å². The van der Waals surface area contributed by atoms with Crippen molar-refractivity contribution in [3.63, 3.8) is 0 Å². The molecule has 0 unspecified atom stereocenters. The molecule has 0 aliphatic heterocycles. The minimum absolute atomic E-state index is 0.0733. The lowest BCUT2D eigenvalue weighted by molar-refractivity contribution is 0.282. The molecule has 0 aliphatic rings. The SMILES string of the molecule is CCc1c(C)nc2cc(CO)ccn12. The molecule has 0 bridgehead atoms. The summed E-state index contributed by atoms with van der Waals surface area (Å²) in [5.41, 5.74) is 4.14. The molecule has 1 N–H and O–H groups in total. The summed E-state index contributed by atoms with van der Waals surface area (Å²) in [6.07, 6.45) is 2.95. The van der Waals surface area contributed by atoms with E-state index in [9.17, 15) is 0 Å². The van der Waals surface area contributed by atoms with Gasteiger partial charge in [-0.2, -0.15) is 0 Å². The highest BCUT2D eigenvalue weighted by Crippen LogP contribution is 2.14. The summed E-state index contributed by atoms with van der Waals surface area (Å²) in [5, 5.41) is 8.99. The predicted octanol–water partition coefficient (Wildman–Crippen LogP) is 1.70. The zero-order valence-corrected chi connectivity index (χ0v) is 8.49. The number of aromatic nitrogens is 2. The van der Waals surface area contributed by atoms with Crippen LogP contribution in [0.5, 0.6) is 0 Å². The maximum atomic E-state index is 8.99. The molecule has 0 aromatic carbocycles. The van der Waals surface area contributed by atoms with E-state index >= 15 is 0 Å². The van der Waals surface area contributed by atoms with E-state index in [4.69, 9.17) is 5.11 Å². The first kappa shape index (κ1) is 9.21. The lowest BCUT2D eigenvalue weighted by Crippen LogP contribution is -1.93. The van der Waals surface area contributed by atoms with Gasteiger partial charge in [0, 0.05) is 11.9 Å². The summed E-state index contributed by atoms with van der Waals surface area (Å²) < 4.78 is 2.08. The Labute approximate surface area is 83.0 Å². The van der Waals surface area contributed by atoms with Gasteiger partial charge in [-0.3, -0.25) is 0 Å². The molecule has 2 rings (SSSR count). The first-order valence-electron chi connectivity index (χ1n) is 4.83. The van der Waals surface area contributed by atoms with Crippen LogP contribution in [0.3, 0.4) is 0 Å². The van der Waals surface area contributed by atoms with Gasteiger partial charge in [0.25, 0.3) is 0 Å². The number of aliphatic hydroxyl groups is 1. The molecule has 0 saturated carbocycles. The van der Waals surface area contributed by atoms with E-state index in [1.807, 2.05) is 25.3 Å². The van der Waals surface area contributed by atoms with Gasteiger partial charge in [0.2, 0.25) is 0 Å². The third kappa shape index (κ3) is 1.30. The highest BCUT2D eigenvalue weighted by Gasteiger charge is 2.06. The van der Waals surface area contributed by atoms with Gasteiger partial charge in [0.1, 0.15) is 5.65 Å². The van der Waals surface area contributed by atoms with Crippen molar-refractivity contribution >= 4 is 5.65 Å². The van der Waals surface area contributed by atoms with Crippen molar-refractivity contribution < 1.29 is 5.11 Å². The molecule has 0 fully saturated rings. The number of fused-ring (bicyclic) bond motifs is 1. The van der Waals surface area contributed by atoms with Crippen LogP contribution >= 0.6 is 0 Å². The van der Waals surface area contributed by atoms with Crippen molar-refractivity contribution in [2.45, 2.75) is 26.9 Å². The molecule has 2 aromatic heterocycles. The minimum atomic E-state index is 0.0733. The second-order valence-corrected chi connectivity index (χ2v) is 3.42. The van der Waals surface area contributed by atoms with Crippen molar-refractivity contribution in [2.75, 3.05) is 0 Å². The van der Waals surface area contributed by atoms with Crippen molar-refractivity contribution in [1.82, 2.24) is 9.38 Å². The highest BCUT2D eigenvalue weighted by atomic mass is 16.3. The van der Waals surface area contributed by atoms with E-state index < -0.39 is 0 Å². The van der Waals surface area contributed by atoms with Crippen LogP contribution in [-0.4, -0.2) is 14.5 Å². The molecular weight excluding hydrogens is 176 g/mol. The quantitative estimate of drug-likeness (QED) is 0.782. The van der Waals surface area contributed by atoms with E-state index in [0.717, 1.165) is 23.3 Å². The van der Waals surface area contributed by atoms with E-state index in [1.165, 1.54) is 5.69 Å². The summed E-state index contributed by atoms with van der Waals surface area (Å²) >= 11 is 0. The Morgan fingerprint density at radius 1 is 1.50 bits per heavy atom. The van der Waals surface area contributed by atoms with Gasteiger partial charge >= 0.3 is 0 Å². The normalized spacial score (nSPS) is 11.1. The Morgan fingerprint density at radius 2 is 2.29 bits per heavy atom. The van der Waals surface area contributed by atoms with Crippen LogP contribution in [0.2, 0.25) is 0 Å².